The van der Waals surface area contributed by atoms with Crippen LogP contribution in [0.15, 0.2) is 29.2 Å². The second kappa shape index (κ2) is 9.67. The highest BCUT2D eigenvalue weighted by Crippen LogP contribution is 2.16. The number of carboxylic acid groups (broad SMARTS) is 2. The van der Waals surface area contributed by atoms with E-state index in [1.54, 1.807) is 0 Å². The number of nitrogen functional groups attached to an aromatic ring is 1. The third-order valence-electron chi connectivity index (χ3n) is 4.43. The second-order valence-electron chi connectivity index (χ2n) is 6.83. The van der Waals surface area contributed by atoms with Crippen LogP contribution in [0.25, 0.3) is 11.2 Å². The first-order valence-electron chi connectivity index (χ1n) is 9.44. The molecule has 0 aliphatic carbocycles. The van der Waals surface area contributed by atoms with Gasteiger partial charge < -0.3 is 31.6 Å². The van der Waals surface area contributed by atoms with Gasteiger partial charge in [0.2, 0.25) is 5.95 Å². The predicted octanol–water partition coefficient (Wildman–Crippen LogP) is 0.0943. The van der Waals surface area contributed by atoms with Gasteiger partial charge in [0.15, 0.2) is 11.2 Å². The summed E-state index contributed by atoms with van der Waals surface area (Å²) in [5, 5.41) is 22.8. The SMILES string of the molecule is Nc1nc(=O)c2nc(CNc3ccc(C(=O)N[C@@H](CCC(=O)O)C(=O)O)c(F)c3)cnc2[nH]1. The van der Waals surface area contributed by atoms with E-state index in [1.807, 2.05) is 0 Å². The standard InChI is InChI=1S/C19H18FN7O6/c20-11-5-8(1-2-10(11)16(30)25-12(18(32)33)3-4-13(28)29)22-6-9-7-23-15-14(24-9)17(31)27-19(21)26-15/h1-2,5,7,12,22H,3-4,6H2,(H,25,30)(H,28,29)(H,32,33)(H3,21,23,26,27,31)/t12-/m0/s1. The Kier molecular flexibility index (Phi) is 6.76. The molecule has 0 radical (unpaired) electrons. The summed E-state index contributed by atoms with van der Waals surface area (Å²) >= 11 is 0. The number of fused-ring (bicyclic) bond motifs is 1. The van der Waals surface area contributed by atoms with Crippen molar-refractivity contribution < 1.29 is 29.0 Å². The molecule has 0 bridgehead atoms. The van der Waals surface area contributed by atoms with E-state index >= 15 is 0 Å². The minimum atomic E-state index is -1.48. The second-order valence-corrected chi connectivity index (χ2v) is 6.83. The Morgan fingerprint density at radius 1 is 1.21 bits per heavy atom. The lowest BCUT2D eigenvalue weighted by Gasteiger charge is -2.14. The molecule has 0 aliphatic heterocycles. The molecule has 1 aromatic carbocycles. The van der Waals surface area contributed by atoms with Crippen molar-refractivity contribution in [2.24, 2.45) is 0 Å². The molecule has 2 aromatic heterocycles. The minimum absolute atomic E-state index is 0.0161. The number of benzene rings is 1. The van der Waals surface area contributed by atoms with E-state index in [9.17, 15) is 23.6 Å². The maximum absolute atomic E-state index is 14.5. The Labute approximate surface area is 183 Å². The number of carboxylic acids is 2. The van der Waals surface area contributed by atoms with Gasteiger partial charge in [-0.25, -0.2) is 19.2 Å². The molecule has 0 spiro atoms. The van der Waals surface area contributed by atoms with Crippen molar-refractivity contribution in [3.63, 3.8) is 0 Å². The largest absolute Gasteiger partial charge is 0.481 e. The van der Waals surface area contributed by atoms with Gasteiger partial charge in [0, 0.05) is 12.1 Å². The van der Waals surface area contributed by atoms with Gasteiger partial charge in [-0.15, -0.1) is 0 Å². The summed E-state index contributed by atoms with van der Waals surface area (Å²) in [5.41, 5.74) is 5.16. The van der Waals surface area contributed by atoms with Crippen LogP contribution in [-0.2, 0) is 16.1 Å². The third kappa shape index (κ3) is 5.75. The normalized spacial score (nSPS) is 11.7. The highest BCUT2D eigenvalue weighted by Gasteiger charge is 2.23. The van der Waals surface area contributed by atoms with Gasteiger partial charge in [-0.1, -0.05) is 0 Å². The van der Waals surface area contributed by atoms with Crippen LogP contribution in [0.5, 0.6) is 0 Å². The van der Waals surface area contributed by atoms with Crippen LogP contribution in [0.1, 0.15) is 28.9 Å². The molecule has 2 heterocycles. The van der Waals surface area contributed by atoms with Gasteiger partial charge in [0.25, 0.3) is 5.91 Å². The molecule has 33 heavy (non-hydrogen) atoms. The molecule has 3 rings (SSSR count). The fraction of sp³-hybridized carbons (Fsp3) is 0.211. The van der Waals surface area contributed by atoms with Crippen molar-refractivity contribution in [3.8, 4) is 0 Å². The van der Waals surface area contributed by atoms with Crippen LogP contribution in [-0.4, -0.2) is 54.0 Å². The molecule has 14 heteroatoms. The van der Waals surface area contributed by atoms with Gasteiger partial charge >= 0.3 is 17.5 Å². The van der Waals surface area contributed by atoms with Crippen molar-refractivity contribution >= 4 is 40.6 Å². The number of carbonyl (C=O) groups is 3. The number of hydrogen-bond donors (Lipinski definition) is 6. The summed E-state index contributed by atoms with van der Waals surface area (Å²) < 4.78 is 14.5. The van der Waals surface area contributed by atoms with Crippen molar-refractivity contribution in [2.75, 3.05) is 11.1 Å². The zero-order chi connectivity index (χ0) is 24.1. The molecular formula is C19H18FN7O6. The molecule has 172 valence electrons. The Balaban J connectivity index is 1.68. The summed E-state index contributed by atoms with van der Waals surface area (Å²) in [5.74, 6) is -4.68. The summed E-state index contributed by atoms with van der Waals surface area (Å²) in [7, 11) is 0. The number of nitrogens with two attached hydrogens (primary N) is 1. The lowest BCUT2D eigenvalue weighted by Crippen LogP contribution is -2.41. The summed E-state index contributed by atoms with van der Waals surface area (Å²) in [4.78, 5) is 60.3. The number of rotatable bonds is 9. The molecule has 0 saturated carbocycles. The van der Waals surface area contributed by atoms with E-state index < -0.39 is 47.2 Å². The van der Waals surface area contributed by atoms with Gasteiger partial charge in [-0.3, -0.25) is 14.4 Å². The number of aromatic amines is 1. The smallest absolute Gasteiger partial charge is 0.326 e. The zero-order valence-corrected chi connectivity index (χ0v) is 16.8. The van der Waals surface area contributed by atoms with Crippen LogP contribution >= 0.6 is 0 Å². The van der Waals surface area contributed by atoms with Crippen molar-refractivity contribution in [1.82, 2.24) is 25.3 Å². The van der Waals surface area contributed by atoms with E-state index in [-0.39, 0.29) is 35.8 Å². The van der Waals surface area contributed by atoms with Gasteiger partial charge in [0.1, 0.15) is 11.9 Å². The maximum Gasteiger partial charge on any atom is 0.326 e. The molecule has 1 atom stereocenters. The minimum Gasteiger partial charge on any atom is -0.481 e. The number of nitrogens with zero attached hydrogens (tertiary/aromatic N) is 3. The van der Waals surface area contributed by atoms with Crippen LogP contribution in [0.2, 0.25) is 0 Å². The average Bonchev–Trinajstić information content (AvgIpc) is 2.74. The number of nitrogens with one attached hydrogen (secondary N) is 3. The molecule has 13 nitrogen and oxygen atoms in total. The average molecular weight is 459 g/mol. The Morgan fingerprint density at radius 2 is 1.97 bits per heavy atom. The van der Waals surface area contributed by atoms with Gasteiger partial charge in [-0.05, 0) is 24.6 Å². The summed E-state index contributed by atoms with van der Waals surface area (Å²) in [6, 6.07) is 2.07. The maximum atomic E-state index is 14.5. The lowest BCUT2D eigenvalue weighted by atomic mass is 10.1. The fourth-order valence-electron chi connectivity index (χ4n) is 2.83. The third-order valence-corrected chi connectivity index (χ3v) is 4.43. The topological polar surface area (TPSA) is 213 Å². The Hall–Kier alpha value is -4.62. The summed E-state index contributed by atoms with van der Waals surface area (Å²) in [6.45, 7) is 0.0635. The Bertz CT molecular complexity index is 1300. The molecule has 1 amide bonds. The number of aliphatic carboxylic acids is 2. The van der Waals surface area contributed by atoms with E-state index in [2.05, 4.69) is 30.6 Å². The van der Waals surface area contributed by atoms with Gasteiger partial charge in [-0.2, -0.15) is 4.98 Å². The quantitative estimate of drug-likeness (QED) is 0.252. The molecule has 3 aromatic rings. The molecule has 7 N–H and O–H groups in total. The highest BCUT2D eigenvalue weighted by molar-refractivity contribution is 5.97. The van der Waals surface area contributed by atoms with Crippen molar-refractivity contribution in [3.05, 3.63) is 51.8 Å². The predicted molar refractivity (Wildman–Crippen MR) is 112 cm³/mol. The van der Waals surface area contributed by atoms with E-state index in [0.717, 1.165) is 12.1 Å². The van der Waals surface area contributed by atoms with Crippen LogP contribution in [0.3, 0.4) is 0 Å². The number of H-pyrrole nitrogens is 1. The Morgan fingerprint density at radius 3 is 2.64 bits per heavy atom. The first-order valence-corrected chi connectivity index (χ1v) is 9.44. The number of carbonyl (C=O) groups excluding carboxylic acids is 1. The van der Waals surface area contributed by atoms with Gasteiger partial charge in [0.05, 0.1) is 24.0 Å². The molecule has 0 aliphatic rings. The number of hydrogen-bond acceptors (Lipinski definition) is 9. The molecule has 0 saturated heterocycles. The lowest BCUT2D eigenvalue weighted by molar-refractivity contribution is -0.140. The van der Waals surface area contributed by atoms with E-state index in [0.29, 0.717) is 5.69 Å². The number of anilines is 2. The van der Waals surface area contributed by atoms with Crippen molar-refractivity contribution in [2.45, 2.75) is 25.4 Å². The molecule has 0 unspecified atom stereocenters. The summed E-state index contributed by atoms with van der Waals surface area (Å²) in [6.07, 6.45) is 0.553. The molecule has 0 fully saturated rings. The number of amides is 1. The fourth-order valence-corrected chi connectivity index (χ4v) is 2.83. The van der Waals surface area contributed by atoms with E-state index in [1.165, 1.54) is 12.3 Å². The highest BCUT2D eigenvalue weighted by atomic mass is 19.1. The van der Waals surface area contributed by atoms with Crippen LogP contribution in [0.4, 0.5) is 16.0 Å². The number of halogens is 1. The first-order chi connectivity index (χ1) is 15.6. The van der Waals surface area contributed by atoms with Crippen molar-refractivity contribution in [1.29, 1.82) is 0 Å². The van der Waals surface area contributed by atoms with Crippen LogP contribution in [0, 0.1) is 5.82 Å². The number of aromatic nitrogens is 4. The zero-order valence-electron chi connectivity index (χ0n) is 16.8. The molecular weight excluding hydrogens is 441 g/mol. The monoisotopic (exact) mass is 459 g/mol. The first kappa shape index (κ1) is 23.1. The van der Waals surface area contributed by atoms with Crippen LogP contribution < -0.4 is 21.9 Å². The van der Waals surface area contributed by atoms with E-state index in [4.69, 9.17) is 15.9 Å².